The van der Waals surface area contributed by atoms with Gasteiger partial charge in [0.25, 0.3) is 11.8 Å². The van der Waals surface area contributed by atoms with Crippen molar-refractivity contribution in [3.8, 4) is 5.75 Å². The summed E-state index contributed by atoms with van der Waals surface area (Å²) in [4.78, 5) is 35.5. The molecule has 32 heavy (non-hydrogen) atoms. The number of carbonyl (C=O) groups is 3. The molecular weight excluding hydrogens is 438 g/mol. The molecule has 0 saturated heterocycles. The quantitative estimate of drug-likeness (QED) is 0.279. The van der Waals surface area contributed by atoms with Crippen LogP contribution in [0.3, 0.4) is 0 Å². The van der Waals surface area contributed by atoms with Gasteiger partial charge in [0.15, 0.2) is 0 Å². The molecule has 0 spiro atoms. The van der Waals surface area contributed by atoms with Crippen LogP contribution < -0.4 is 20.1 Å². The van der Waals surface area contributed by atoms with Crippen LogP contribution in [0.2, 0.25) is 0 Å². The van der Waals surface area contributed by atoms with E-state index in [1.807, 2.05) is 0 Å². The molecule has 0 heterocycles. The Morgan fingerprint density at radius 2 is 1.34 bits per heavy atom. The van der Waals surface area contributed by atoms with E-state index in [1.165, 1.54) is 48.5 Å². The molecule has 11 heteroatoms. The fraction of sp³-hybridized carbons (Fsp3) is 0.286. The van der Waals surface area contributed by atoms with Gasteiger partial charge in [0, 0.05) is 29.9 Å². The lowest BCUT2D eigenvalue weighted by Gasteiger charge is -2.08. The number of amides is 2. The molecule has 10 nitrogen and oxygen atoms in total. The molecule has 2 amide bonds. The highest BCUT2D eigenvalue weighted by molar-refractivity contribution is 7.92. The molecule has 0 aliphatic heterocycles. The second-order valence-corrected chi connectivity index (χ2v) is 8.37. The summed E-state index contributed by atoms with van der Waals surface area (Å²) in [7, 11) is -3.38. The maximum absolute atomic E-state index is 12.2. The predicted molar refractivity (Wildman–Crippen MR) is 118 cm³/mol. The average Bonchev–Trinajstić information content (AvgIpc) is 2.73. The summed E-state index contributed by atoms with van der Waals surface area (Å²) < 4.78 is 34.3. The number of benzene rings is 2. The van der Waals surface area contributed by atoms with Crippen molar-refractivity contribution in [3.63, 3.8) is 0 Å². The molecule has 0 saturated carbocycles. The van der Waals surface area contributed by atoms with E-state index >= 15 is 0 Å². The van der Waals surface area contributed by atoms with Crippen LogP contribution in [0, 0.1) is 0 Å². The van der Waals surface area contributed by atoms with Crippen LogP contribution in [0.25, 0.3) is 0 Å². The highest BCUT2D eigenvalue weighted by Gasteiger charge is 2.09. The van der Waals surface area contributed by atoms with Crippen molar-refractivity contribution in [2.24, 2.45) is 0 Å². The first-order valence-electron chi connectivity index (χ1n) is 9.77. The van der Waals surface area contributed by atoms with Crippen molar-refractivity contribution in [1.82, 2.24) is 10.6 Å². The Hall–Kier alpha value is -3.60. The Kier molecular flexibility index (Phi) is 9.02. The molecule has 0 bridgehead atoms. The van der Waals surface area contributed by atoms with Crippen LogP contribution in [0.4, 0.5) is 10.5 Å². The van der Waals surface area contributed by atoms with Gasteiger partial charge in [0.05, 0.1) is 12.9 Å². The van der Waals surface area contributed by atoms with Crippen LogP contribution in [0.15, 0.2) is 48.5 Å². The summed E-state index contributed by atoms with van der Waals surface area (Å²) in [6.07, 6.45) is 0.741. The molecule has 0 radical (unpaired) electrons. The summed E-state index contributed by atoms with van der Waals surface area (Å²) in [5, 5.41) is 5.46. The first-order valence-corrected chi connectivity index (χ1v) is 11.7. The van der Waals surface area contributed by atoms with Crippen LogP contribution in [-0.2, 0) is 14.8 Å². The summed E-state index contributed by atoms with van der Waals surface area (Å²) in [6.45, 7) is 2.56. The molecule has 0 aliphatic rings. The summed E-state index contributed by atoms with van der Waals surface area (Å²) in [5.74, 6) is -0.338. The highest BCUT2D eigenvalue weighted by atomic mass is 32.2. The minimum Gasteiger partial charge on any atom is -0.434 e. The predicted octanol–water partition coefficient (Wildman–Crippen LogP) is 2.14. The van der Waals surface area contributed by atoms with Gasteiger partial charge in [-0.1, -0.05) is 0 Å². The van der Waals surface area contributed by atoms with Gasteiger partial charge in [-0.3, -0.25) is 14.3 Å². The Balaban J connectivity index is 1.70. The Labute approximate surface area is 186 Å². The SMILES string of the molecule is CCOC(=O)Oc1ccc(C(=O)NCCCNC(=O)c2ccc(NS(C)(=O)=O)cc2)cc1. The number of sulfonamides is 1. The van der Waals surface area contributed by atoms with Crippen molar-refractivity contribution < 1.29 is 32.3 Å². The molecule has 0 aromatic heterocycles. The van der Waals surface area contributed by atoms with E-state index in [0.29, 0.717) is 36.3 Å². The van der Waals surface area contributed by atoms with Gasteiger partial charge in [-0.15, -0.1) is 0 Å². The molecule has 172 valence electrons. The van der Waals surface area contributed by atoms with Crippen LogP contribution in [-0.4, -0.2) is 52.3 Å². The lowest BCUT2D eigenvalue weighted by atomic mass is 10.2. The minimum atomic E-state index is -3.38. The zero-order chi connectivity index (χ0) is 23.6. The molecule has 3 N–H and O–H groups in total. The Morgan fingerprint density at radius 1 is 0.844 bits per heavy atom. The molecular formula is C21H25N3O7S. The van der Waals surface area contributed by atoms with E-state index in [4.69, 9.17) is 4.74 Å². The third-order valence-corrected chi connectivity index (χ3v) is 4.56. The van der Waals surface area contributed by atoms with E-state index in [2.05, 4.69) is 20.1 Å². The van der Waals surface area contributed by atoms with Gasteiger partial charge in [0.1, 0.15) is 5.75 Å². The van der Waals surface area contributed by atoms with Crippen molar-refractivity contribution in [1.29, 1.82) is 0 Å². The molecule has 2 rings (SSSR count). The molecule has 2 aromatic rings. The van der Waals surface area contributed by atoms with Gasteiger partial charge < -0.3 is 20.1 Å². The third kappa shape index (κ3) is 8.64. The molecule has 2 aromatic carbocycles. The van der Waals surface area contributed by atoms with Crippen molar-refractivity contribution >= 4 is 33.7 Å². The number of ether oxygens (including phenoxy) is 2. The van der Waals surface area contributed by atoms with E-state index in [0.717, 1.165) is 6.26 Å². The average molecular weight is 464 g/mol. The second kappa shape index (κ2) is 11.7. The highest BCUT2D eigenvalue weighted by Crippen LogP contribution is 2.13. The zero-order valence-corrected chi connectivity index (χ0v) is 18.5. The number of rotatable bonds is 10. The van der Waals surface area contributed by atoms with E-state index in [9.17, 15) is 22.8 Å². The fourth-order valence-corrected chi connectivity index (χ4v) is 3.08. The summed E-state index contributed by atoms with van der Waals surface area (Å²) in [5.41, 5.74) is 1.15. The van der Waals surface area contributed by atoms with E-state index in [1.54, 1.807) is 6.92 Å². The standard InChI is InChI=1S/C21H25N3O7S/c1-3-30-21(27)31-18-11-7-16(8-12-18)20(26)23-14-4-13-22-19(25)15-5-9-17(10-6-15)24-32(2,28)29/h5-12,24H,3-4,13-14H2,1-2H3,(H,22,25)(H,23,26). The number of hydrogen-bond acceptors (Lipinski definition) is 7. The Bertz CT molecular complexity index is 1040. The molecule has 0 atom stereocenters. The number of hydrogen-bond donors (Lipinski definition) is 3. The molecule has 0 aliphatic carbocycles. The number of nitrogens with one attached hydrogen (secondary N) is 3. The third-order valence-electron chi connectivity index (χ3n) is 3.95. The van der Waals surface area contributed by atoms with Crippen LogP contribution >= 0.6 is 0 Å². The lowest BCUT2D eigenvalue weighted by Crippen LogP contribution is -2.29. The maximum Gasteiger partial charge on any atom is 0.513 e. The minimum absolute atomic E-state index is 0.203. The number of carbonyl (C=O) groups excluding carboxylic acids is 3. The smallest absolute Gasteiger partial charge is 0.434 e. The first-order chi connectivity index (χ1) is 15.2. The maximum atomic E-state index is 12.2. The van der Waals surface area contributed by atoms with Gasteiger partial charge in [-0.05, 0) is 61.9 Å². The summed E-state index contributed by atoms with van der Waals surface area (Å²) in [6, 6.07) is 12.0. The molecule has 0 fully saturated rings. The van der Waals surface area contributed by atoms with Gasteiger partial charge in [-0.2, -0.15) is 0 Å². The van der Waals surface area contributed by atoms with Crippen molar-refractivity contribution in [3.05, 3.63) is 59.7 Å². The Morgan fingerprint density at radius 3 is 1.81 bits per heavy atom. The lowest BCUT2D eigenvalue weighted by molar-refractivity contribution is 0.0951. The van der Waals surface area contributed by atoms with Gasteiger partial charge in [0.2, 0.25) is 10.0 Å². The monoisotopic (exact) mass is 463 g/mol. The summed E-state index contributed by atoms with van der Waals surface area (Å²) >= 11 is 0. The normalized spacial score (nSPS) is 10.7. The second-order valence-electron chi connectivity index (χ2n) is 6.63. The van der Waals surface area contributed by atoms with Gasteiger partial charge in [-0.25, -0.2) is 13.2 Å². The fourth-order valence-electron chi connectivity index (χ4n) is 2.52. The zero-order valence-electron chi connectivity index (χ0n) is 17.7. The largest absolute Gasteiger partial charge is 0.513 e. The molecule has 0 unspecified atom stereocenters. The van der Waals surface area contributed by atoms with E-state index in [-0.39, 0.29) is 24.2 Å². The number of anilines is 1. The van der Waals surface area contributed by atoms with Crippen LogP contribution in [0.1, 0.15) is 34.1 Å². The first kappa shape index (κ1) is 24.7. The topological polar surface area (TPSA) is 140 Å². The van der Waals surface area contributed by atoms with Crippen LogP contribution in [0.5, 0.6) is 5.75 Å². The van der Waals surface area contributed by atoms with Crippen molar-refractivity contribution in [2.75, 3.05) is 30.7 Å². The van der Waals surface area contributed by atoms with Gasteiger partial charge >= 0.3 is 6.16 Å². The van der Waals surface area contributed by atoms with E-state index < -0.39 is 16.2 Å². The van der Waals surface area contributed by atoms with Crippen molar-refractivity contribution in [2.45, 2.75) is 13.3 Å².